The van der Waals surface area contributed by atoms with Gasteiger partial charge in [-0.05, 0) is 26.8 Å². The monoisotopic (exact) mass is 172 g/mol. The Labute approximate surface area is 73.3 Å². The Balaban J connectivity index is 2.60. The molecule has 0 aliphatic carbocycles. The van der Waals surface area contributed by atoms with E-state index >= 15 is 0 Å². The summed E-state index contributed by atoms with van der Waals surface area (Å²) in [6, 6.07) is 0. The van der Waals surface area contributed by atoms with Crippen LogP contribution >= 0.6 is 0 Å². The lowest BCUT2D eigenvalue weighted by molar-refractivity contribution is -0.365. The molecule has 1 heterocycles. The van der Waals surface area contributed by atoms with E-state index in [1.54, 1.807) is 6.26 Å². The fourth-order valence-corrected chi connectivity index (χ4v) is 1.25. The van der Waals surface area contributed by atoms with Crippen LogP contribution < -0.4 is 0 Å². The predicted molar refractivity (Wildman–Crippen MR) is 45.4 cm³/mol. The standard InChI is InChI=1S/C9H16O3/c1-4-10-9(11-5-2)8(3)6-7-12-9/h6-8H,4-5H2,1-3H3. The van der Waals surface area contributed by atoms with Gasteiger partial charge in [-0.15, -0.1) is 0 Å². The van der Waals surface area contributed by atoms with Crippen LogP contribution in [0.4, 0.5) is 0 Å². The van der Waals surface area contributed by atoms with Gasteiger partial charge < -0.3 is 14.2 Å². The Bertz CT molecular complexity index is 159. The van der Waals surface area contributed by atoms with E-state index in [0.29, 0.717) is 13.2 Å². The van der Waals surface area contributed by atoms with Crippen molar-refractivity contribution in [1.29, 1.82) is 0 Å². The van der Waals surface area contributed by atoms with Gasteiger partial charge >= 0.3 is 5.97 Å². The van der Waals surface area contributed by atoms with Gasteiger partial charge in [0.15, 0.2) is 0 Å². The molecule has 1 atom stereocenters. The number of ether oxygens (including phenoxy) is 3. The topological polar surface area (TPSA) is 27.7 Å². The van der Waals surface area contributed by atoms with E-state index in [0.717, 1.165) is 0 Å². The van der Waals surface area contributed by atoms with Crippen LogP contribution in [0, 0.1) is 5.92 Å². The summed E-state index contributed by atoms with van der Waals surface area (Å²) in [5.41, 5.74) is 0. The van der Waals surface area contributed by atoms with Gasteiger partial charge in [0.05, 0.1) is 25.4 Å². The first-order valence-electron chi connectivity index (χ1n) is 4.37. The zero-order valence-corrected chi connectivity index (χ0v) is 7.87. The van der Waals surface area contributed by atoms with Crippen LogP contribution in [0.2, 0.25) is 0 Å². The fraction of sp³-hybridized carbons (Fsp3) is 0.778. The van der Waals surface area contributed by atoms with Crippen molar-refractivity contribution in [2.75, 3.05) is 13.2 Å². The summed E-state index contributed by atoms with van der Waals surface area (Å²) in [6.07, 6.45) is 3.57. The van der Waals surface area contributed by atoms with E-state index in [1.807, 2.05) is 26.8 Å². The molecule has 0 N–H and O–H groups in total. The number of rotatable bonds is 4. The van der Waals surface area contributed by atoms with Crippen LogP contribution in [0.5, 0.6) is 0 Å². The van der Waals surface area contributed by atoms with Crippen molar-refractivity contribution in [3.63, 3.8) is 0 Å². The molecule has 0 amide bonds. The summed E-state index contributed by atoms with van der Waals surface area (Å²) in [6.45, 7) is 7.04. The molecule has 70 valence electrons. The highest BCUT2D eigenvalue weighted by Crippen LogP contribution is 2.31. The van der Waals surface area contributed by atoms with Gasteiger partial charge in [-0.1, -0.05) is 0 Å². The summed E-state index contributed by atoms with van der Waals surface area (Å²) in [5, 5.41) is 0. The third-order valence-corrected chi connectivity index (χ3v) is 1.85. The summed E-state index contributed by atoms with van der Waals surface area (Å²) >= 11 is 0. The molecular weight excluding hydrogens is 156 g/mol. The lowest BCUT2D eigenvalue weighted by Crippen LogP contribution is -2.40. The Morgan fingerprint density at radius 1 is 1.33 bits per heavy atom. The minimum absolute atomic E-state index is 0.150. The van der Waals surface area contributed by atoms with E-state index in [2.05, 4.69) is 0 Å². The van der Waals surface area contributed by atoms with Crippen molar-refractivity contribution in [2.24, 2.45) is 5.92 Å². The maximum atomic E-state index is 5.44. The first-order chi connectivity index (χ1) is 5.75. The average Bonchev–Trinajstić information content (AvgIpc) is 2.35. The Hall–Kier alpha value is -0.540. The fourth-order valence-electron chi connectivity index (χ4n) is 1.25. The van der Waals surface area contributed by atoms with Crippen LogP contribution in [0.3, 0.4) is 0 Å². The minimum atomic E-state index is -0.858. The van der Waals surface area contributed by atoms with Crippen LogP contribution in [-0.2, 0) is 14.2 Å². The van der Waals surface area contributed by atoms with Gasteiger partial charge in [0.2, 0.25) is 0 Å². The molecule has 0 aromatic carbocycles. The molecule has 1 rings (SSSR count). The van der Waals surface area contributed by atoms with E-state index in [9.17, 15) is 0 Å². The maximum Gasteiger partial charge on any atom is 0.332 e. The molecule has 1 aliphatic heterocycles. The Morgan fingerprint density at radius 3 is 2.25 bits per heavy atom. The summed E-state index contributed by atoms with van der Waals surface area (Å²) < 4.78 is 16.2. The number of hydrogen-bond acceptors (Lipinski definition) is 3. The molecule has 0 aromatic rings. The van der Waals surface area contributed by atoms with Crippen molar-refractivity contribution in [3.8, 4) is 0 Å². The Morgan fingerprint density at radius 2 is 1.92 bits per heavy atom. The molecule has 12 heavy (non-hydrogen) atoms. The molecule has 0 spiro atoms. The van der Waals surface area contributed by atoms with Gasteiger partial charge in [-0.3, -0.25) is 0 Å². The molecule has 1 unspecified atom stereocenters. The predicted octanol–water partition coefficient (Wildman–Crippen LogP) is 1.89. The van der Waals surface area contributed by atoms with Crippen LogP contribution in [0.15, 0.2) is 12.3 Å². The molecule has 1 aliphatic rings. The van der Waals surface area contributed by atoms with Crippen LogP contribution in [0.1, 0.15) is 20.8 Å². The molecule has 0 saturated heterocycles. The van der Waals surface area contributed by atoms with Gasteiger partial charge in [-0.25, -0.2) is 0 Å². The van der Waals surface area contributed by atoms with Crippen molar-refractivity contribution in [2.45, 2.75) is 26.7 Å². The molecule has 3 heteroatoms. The second-order valence-corrected chi connectivity index (χ2v) is 2.70. The average molecular weight is 172 g/mol. The lowest BCUT2D eigenvalue weighted by atomic mass is 10.1. The quantitative estimate of drug-likeness (QED) is 0.606. The molecule has 0 bridgehead atoms. The molecular formula is C9H16O3. The van der Waals surface area contributed by atoms with Crippen LogP contribution in [-0.4, -0.2) is 19.2 Å². The second-order valence-electron chi connectivity index (χ2n) is 2.70. The van der Waals surface area contributed by atoms with Crippen molar-refractivity contribution in [3.05, 3.63) is 12.3 Å². The third-order valence-electron chi connectivity index (χ3n) is 1.85. The SMILES string of the molecule is CCOC1(OCC)OC=CC1C. The van der Waals surface area contributed by atoms with E-state index in [1.165, 1.54) is 0 Å². The molecule has 0 saturated carbocycles. The van der Waals surface area contributed by atoms with Crippen molar-refractivity contribution in [1.82, 2.24) is 0 Å². The van der Waals surface area contributed by atoms with Crippen molar-refractivity contribution >= 4 is 0 Å². The summed E-state index contributed by atoms with van der Waals surface area (Å²) in [4.78, 5) is 0. The van der Waals surface area contributed by atoms with E-state index < -0.39 is 5.97 Å². The highest BCUT2D eigenvalue weighted by molar-refractivity contribution is 4.94. The third kappa shape index (κ3) is 1.62. The maximum absolute atomic E-state index is 5.44. The van der Waals surface area contributed by atoms with E-state index in [4.69, 9.17) is 14.2 Å². The van der Waals surface area contributed by atoms with Crippen molar-refractivity contribution < 1.29 is 14.2 Å². The summed E-state index contributed by atoms with van der Waals surface area (Å²) in [7, 11) is 0. The largest absolute Gasteiger partial charge is 0.447 e. The van der Waals surface area contributed by atoms with Crippen LogP contribution in [0.25, 0.3) is 0 Å². The Kier molecular flexibility index (Phi) is 3.12. The molecule has 0 aromatic heterocycles. The first-order valence-corrected chi connectivity index (χ1v) is 4.37. The highest BCUT2D eigenvalue weighted by Gasteiger charge is 2.42. The lowest BCUT2D eigenvalue weighted by Gasteiger charge is -2.31. The zero-order chi connectivity index (χ0) is 9.03. The second kappa shape index (κ2) is 3.92. The van der Waals surface area contributed by atoms with Gasteiger partial charge in [-0.2, -0.15) is 0 Å². The summed E-state index contributed by atoms with van der Waals surface area (Å²) in [5.74, 6) is -0.707. The smallest absolute Gasteiger partial charge is 0.332 e. The number of hydrogen-bond donors (Lipinski definition) is 0. The molecule has 0 radical (unpaired) electrons. The van der Waals surface area contributed by atoms with E-state index in [-0.39, 0.29) is 5.92 Å². The normalized spacial score (nSPS) is 25.8. The zero-order valence-electron chi connectivity index (χ0n) is 7.87. The van der Waals surface area contributed by atoms with Gasteiger partial charge in [0, 0.05) is 0 Å². The van der Waals surface area contributed by atoms with Gasteiger partial charge in [0.25, 0.3) is 0 Å². The van der Waals surface area contributed by atoms with Gasteiger partial charge in [0.1, 0.15) is 0 Å². The highest BCUT2D eigenvalue weighted by atomic mass is 16.9. The first kappa shape index (κ1) is 9.55. The minimum Gasteiger partial charge on any atom is -0.447 e. The molecule has 3 nitrogen and oxygen atoms in total. The molecule has 0 fully saturated rings.